The molecule has 1 aromatic heterocycles. The number of nitrogens with zero attached hydrogens (tertiary/aromatic N) is 2. The Morgan fingerprint density at radius 3 is 2.60 bits per heavy atom. The third-order valence-electron chi connectivity index (χ3n) is 1.69. The molecule has 0 aliphatic rings. The molecule has 0 amide bonds. The monoisotopic (exact) mass is 239 g/mol. The van der Waals surface area contributed by atoms with Gasteiger partial charge in [0.05, 0.1) is 7.11 Å². The first-order chi connectivity index (χ1) is 7.28. The van der Waals surface area contributed by atoms with Crippen LogP contribution in [-0.4, -0.2) is 16.5 Å². The van der Waals surface area contributed by atoms with Crippen LogP contribution in [0.1, 0.15) is 0 Å². The van der Waals surface area contributed by atoms with Crippen LogP contribution >= 0.6 is 23.3 Å². The van der Waals surface area contributed by atoms with Gasteiger partial charge in [0.15, 0.2) is 0 Å². The number of ether oxygens (including phenoxy) is 1. The van der Waals surface area contributed by atoms with Gasteiger partial charge in [0.1, 0.15) is 5.75 Å². The number of anilines is 1. The van der Waals surface area contributed by atoms with Gasteiger partial charge < -0.3 is 10.5 Å². The molecule has 2 rings (SSSR count). The Morgan fingerprint density at radius 2 is 2.07 bits per heavy atom. The van der Waals surface area contributed by atoms with Crippen molar-refractivity contribution in [3.63, 3.8) is 0 Å². The summed E-state index contributed by atoms with van der Waals surface area (Å²) in [7, 11) is 1.64. The first kappa shape index (κ1) is 10.3. The van der Waals surface area contributed by atoms with Crippen LogP contribution in [0.2, 0.25) is 0 Å². The van der Waals surface area contributed by atoms with Crippen LogP contribution in [0.4, 0.5) is 5.13 Å². The molecule has 15 heavy (non-hydrogen) atoms. The molecule has 0 unspecified atom stereocenters. The molecule has 0 aliphatic carbocycles. The lowest BCUT2D eigenvalue weighted by Crippen LogP contribution is -1.83. The Labute approximate surface area is 95.7 Å². The lowest BCUT2D eigenvalue weighted by atomic mass is 10.3. The molecular formula is C9H9N3OS2. The molecule has 0 radical (unpaired) electrons. The maximum absolute atomic E-state index is 5.49. The summed E-state index contributed by atoms with van der Waals surface area (Å²) < 4.78 is 9.16. The van der Waals surface area contributed by atoms with E-state index in [1.165, 1.54) is 23.3 Å². The maximum atomic E-state index is 5.49. The Hall–Kier alpha value is -1.27. The van der Waals surface area contributed by atoms with Gasteiger partial charge in [0, 0.05) is 16.4 Å². The smallest absolute Gasteiger partial charge is 0.206 e. The number of aromatic nitrogens is 2. The predicted octanol–water partition coefficient (Wildman–Crippen LogP) is 2.28. The Morgan fingerprint density at radius 1 is 1.33 bits per heavy atom. The molecule has 4 nitrogen and oxygen atoms in total. The zero-order valence-corrected chi connectivity index (χ0v) is 9.64. The quantitative estimate of drug-likeness (QED) is 0.890. The summed E-state index contributed by atoms with van der Waals surface area (Å²) in [5.74, 6) is 0.838. The molecule has 78 valence electrons. The average molecular weight is 239 g/mol. The van der Waals surface area contributed by atoms with Crippen molar-refractivity contribution in [1.29, 1.82) is 0 Å². The van der Waals surface area contributed by atoms with E-state index < -0.39 is 0 Å². The standard InChI is InChI=1S/C9H9N3OS2/c1-13-6-2-4-7(5-3-6)14-9-11-8(10)15-12-9/h2-5H,1H3,(H2,10,11,12). The van der Waals surface area contributed by atoms with Crippen molar-refractivity contribution in [2.24, 2.45) is 0 Å². The van der Waals surface area contributed by atoms with Gasteiger partial charge in [-0.3, -0.25) is 0 Å². The van der Waals surface area contributed by atoms with E-state index in [2.05, 4.69) is 9.36 Å². The first-order valence-corrected chi connectivity index (χ1v) is 5.78. The number of nitrogens with two attached hydrogens (primary N) is 1. The number of hydrogen-bond acceptors (Lipinski definition) is 6. The second-order valence-electron chi connectivity index (χ2n) is 2.69. The summed E-state index contributed by atoms with van der Waals surface area (Å²) in [6.07, 6.45) is 0. The van der Waals surface area contributed by atoms with Crippen LogP contribution in [0.3, 0.4) is 0 Å². The van der Waals surface area contributed by atoms with E-state index in [0.29, 0.717) is 10.3 Å². The Kier molecular flexibility index (Phi) is 3.08. The van der Waals surface area contributed by atoms with Crippen LogP contribution in [0, 0.1) is 0 Å². The molecule has 2 N–H and O–H groups in total. The van der Waals surface area contributed by atoms with Crippen molar-refractivity contribution < 1.29 is 4.74 Å². The van der Waals surface area contributed by atoms with E-state index >= 15 is 0 Å². The average Bonchev–Trinajstić information content (AvgIpc) is 2.65. The topological polar surface area (TPSA) is 61.0 Å². The highest BCUT2D eigenvalue weighted by molar-refractivity contribution is 7.99. The van der Waals surface area contributed by atoms with Gasteiger partial charge in [-0.2, -0.15) is 9.36 Å². The SMILES string of the molecule is COc1ccc(Sc2nsc(N)n2)cc1. The molecule has 1 heterocycles. The summed E-state index contributed by atoms with van der Waals surface area (Å²) in [5, 5.41) is 1.17. The van der Waals surface area contributed by atoms with E-state index in [4.69, 9.17) is 10.5 Å². The predicted molar refractivity (Wildman–Crippen MR) is 61.4 cm³/mol. The fourth-order valence-corrected chi connectivity index (χ4v) is 2.30. The first-order valence-electron chi connectivity index (χ1n) is 4.19. The third kappa shape index (κ3) is 2.60. The Bertz CT molecular complexity index is 441. The second-order valence-corrected chi connectivity index (χ2v) is 4.52. The summed E-state index contributed by atoms with van der Waals surface area (Å²) >= 11 is 2.68. The van der Waals surface area contributed by atoms with Crippen molar-refractivity contribution in [3.05, 3.63) is 24.3 Å². The van der Waals surface area contributed by atoms with E-state index in [1.54, 1.807) is 7.11 Å². The van der Waals surface area contributed by atoms with Crippen LogP contribution in [0.15, 0.2) is 34.3 Å². The third-order valence-corrected chi connectivity index (χ3v) is 3.22. The lowest BCUT2D eigenvalue weighted by Gasteiger charge is -2.00. The van der Waals surface area contributed by atoms with Crippen molar-refractivity contribution in [2.45, 2.75) is 10.1 Å². The molecule has 0 spiro atoms. The van der Waals surface area contributed by atoms with Gasteiger partial charge in [-0.25, -0.2) is 0 Å². The van der Waals surface area contributed by atoms with Gasteiger partial charge >= 0.3 is 0 Å². The van der Waals surface area contributed by atoms with Gasteiger partial charge in [0.25, 0.3) is 0 Å². The van der Waals surface area contributed by atoms with Crippen molar-refractivity contribution >= 4 is 28.4 Å². The molecule has 0 atom stereocenters. The number of rotatable bonds is 3. The highest BCUT2D eigenvalue weighted by Gasteiger charge is 2.03. The highest BCUT2D eigenvalue weighted by Crippen LogP contribution is 2.28. The minimum absolute atomic E-state index is 0.492. The van der Waals surface area contributed by atoms with Crippen LogP contribution in [0.5, 0.6) is 5.75 Å². The van der Waals surface area contributed by atoms with E-state index in [9.17, 15) is 0 Å². The van der Waals surface area contributed by atoms with Crippen molar-refractivity contribution in [1.82, 2.24) is 9.36 Å². The molecular weight excluding hydrogens is 230 g/mol. The van der Waals surface area contributed by atoms with Gasteiger partial charge in [-0.1, -0.05) is 0 Å². The molecule has 0 aliphatic heterocycles. The minimum Gasteiger partial charge on any atom is -0.497 e. The van der Waals surface area contributed by atoms with Crippen LogP contribution in [0.25, 0.3) is 0 Å². The van der Waals surface area contributed by atoms with E-state index in [1.807, 2.05) is 24.3 Å². The molecule has 0 saturated carbocycles. The zero-order chi connectivity index (χ0) is 10.7. The minimum atomic E-state index is 0.492. The molecule has 1 aromatic carbocycles. The highest BCUT2D eigenvalue weighted by atomic mass is 32.2. The number of methoxy groups -OCH3 is 1. The fourth-order valence-electron chi connectivity index (χ4n) is 1.01. The van der Waals surface area contributed by atoms with Gasteiger partial charge in [-0.05, 0) is 36.0 Å². The molecule has 0 bridgehead atoms. The van der Waals surface area contributed by atoms with Crippen molar-refractivity contribution in [2.75, 3.05) is 12.8 Å². The van der Waals surface area contributed by atoms with E-state index in [-0.39, 0.29) is 0 Å². The fraction of sp³-hybridized carbons (Fsp3) is 0.111. The van der Waals surface area contributed by atoms with Gasteiger partial charge in [0.2, 0.25) is 10.3 Å². The molecule has 0 saturated heterocycles. The molecule has 2 aromatic rings. The van der Waals surface area contributed by atoms with Gasteiger partial charge in [-0.15, -0.1) is 0 Å². The molecule has 0 fully saturated rings. The lowest BCUT2D eigenvalue weighted by molar-refractivity contribution is 0.414. The number of hydrogen-bond donors (Lipinski definition) is 1. The van der Waals surface area contributed by atoms with Crippen LogP contribution in [-0.2, 0) is 0 Å². The van der Waals surface area contributed by atoms with Crippen molar-refractivity contribution in [3.8, 4) is 5.75 Å². The number of nitrogen functional groups attached to an aromatic ring is 1. The normalized spacial score (nSPS) is 10.2. The summed E-state index contributed by atoms with van der Waals surface area (Å²) in [6.45, 7) is 0. The Balaban J connectivity index is 2.11. The summed E-state index contributed by atoms with van der Waals surface area (Å²) in [4.78, 5) is 5.13. The van der Waals surface area contributed by atoms with E-state index in [0.717, 1.165) is 10.6 Å². The summed E-state index contributed by atoms with van der Waals surface area (Å²) in [6, 6.07) is 7.72. The largest absolute Gasteiger partial charge is 0.497 e. The summed E-state index contributed by atoms with van der Waals surface area (Å²) in [5.41, 5.74) is 5.49. The zero-order valence-electron chi connectivity index (χ0n) is 8.01. The van der Waals surface area contributed by atoms with Crippen LogP contribution < -0.4 is 10.5 Å². The number of benzene rings is 1. The maximum Gasteiger partial charge on any atom is 0.206 e. The molecule has 6 heteroatoms. The second kappa shape index (κ2) is 4.50.